The van der Waals surface area contributed by atoms with E-state index in [2.05, 4.69) is 39.3 Å². The highest BCUT2D eigenvalue weighted by Gasteiger charge is 2.41. The Hall–Kier alpha value is -6.46. The molecule has 4 aliphatic heterocycles. The van der Waals surface area contributed by atoms with Crippen molar-refractivity contribution in [3.63, 3.8) is 0 Å². The fourth-order valence-corrected chi connectivity index (χ4v) is 11.3. The van der Waals surface area contributed by atoms with Gasteiger partial charge in [0.05, 0.1) is 53.3 Å². The number of piperidine rings is 1. The molecule has 16 nitrogen and oxygen atoms in total. The van der Waals surface area contributed by atoms with Gasteiger partial charge >= 0.3 is 12.2 Å². The van der Waals surface area contributed by atoms with E-state index in [0.717, 1.165) is 47.8 Å². The number of H-pyrrole nitrogens is 2. The Morgan fingerprint density at radius 2 is 1.17 bits per heavy atom. The Morgan fingerprint density at radius 3 is 1.61 bits per heavy atom. The van der Waals surface area contributed by atoms with E-state index in [-0.39, 0.29) is 58.9 Å². The summed E-state index contributed by atoms with van der Waals surface area (Å²) in [4.78, 5) is 75.9. The van der Waals surface area contributed by atoms with Crippen molar-refractivity contribution >= 4 is 57.4 Å². The number of methoxy groups -OCH3 is 1. The largest absolute Gasteiger partial charge is 0.465 e. The number of hydrogen-bond acceptors (Lipinski definition) is 9. The zero-order valence-electron chi connectivity index (χ0n) is 41.2. The van der Waals surface area contributed by atoms with Crippen LogP contribution in [0.5, 0.6) is 0 Å². The number of ether oxygens (including phenoxy) is 1. The minimum absolute atomic E-state index is 0.000570. The third-order valence-corrected chi connectivity index (χ3v) is 15.2. The predicted molar refractivity (Wildman–Crippen MR) is 262 cm³/mol. The number of benzene rings is 3. The number of hydrogen-bond donors (Lipinski definition) is 5. The molecule has 70 heavy (non-hydrogen) atoms. The van der Waals surface area contributed by atoms with Gasteiger partial charge in [-0.25, -0.2) is 28.3 Å². The van der Waals surface area contributed by atoms with Crippen molar-refractivity contribution < 1.29 is 37.8 Å². The van der Waals surface area contributed by atoms with Gasteiger partial charge in [0, 0.05) is 31.9 Å². The van der Waals surface area contributed by atoms with Crippen LogP contribution in [0.2, 0.25) is 0 Å². The number of carbonyl (C=O) groups is 4. The molecule has 4 aliphatic rings. The van der Waals surface area contributed by atoms with E-state index in [4.69, 9.17) is 14.7 Å². The van der Waals surface area contributed by atoms with Gasteiger partial charge in [-0.2, -0.15) is 0 Å². The summed E-state index contributed by atoms with van der Waals surface area (Å²) in [7, 11) is 1.27. The topological polar surface area (TPSA) is 192 Å². The lowest BCUT2D eigenvalue weighted by Crippen LogP contribution is -2.51. The minimum atomic E-state index is -1.25. The molecule has 0 spiro atoms. The molecule has 4 fully saturated rings. The van der Waals surface area contributed by atoms with Crippen LogP contribution in [0, 0.1) is 28.9 Å². The van der Waals surface area contributed by atoms with E-state index < -0.39 is 35.9 Å². The van der Waals surface area contributed by atoms with E-state index in [1.165, 1.54) is 19.2 Å². The second-order valence-electron chi connectivity index (χ2n) is 21.1. The third-order valence-electron chi connectivity index (χ3n) is 15.2. The van der Waals surface area contributed by atoms with Crippen LogP contribution in [0.4, 0.5) is 29.7 Å². The molecular formula is C52H66F2N10O6. The van der Waals surface area contributed by atoms with Gasteiger partial charge in [-0.15, -0.1) is 0 Å². The normalized spacial score (nSPS) is 22.4. The van der Waals surface area contributed by atoms with Gasteiger partial charge in [-0.3, -0.25) is 9.59 Å². The lowest BCUT2D eigenvalue weighted by molar-refractivity contribution is -0.136. The number of aromatic nitrogens is 4. The van der Waals surface area contributed by atoms with Gasteiger partial charge in [0.2, 0.25) is 11.8 Å². The summed E-state index contributed by atoms with van der Waals surface area (Å²) in [5.74, 6) is -0.857. The molecule has 5 aromatic rings. The molecule has 9 rings (SSSR count). The molecule has 0 bridgehead atoms. The van der Waals surface area contributed by atoms with Crippen molar-refractivity contribution in [3.05, 3.63) is 82.9 Å². The van der Waals surface area contributed by atoms with Crippen LogP contribution in [-0.2, 0) is 14.3 Å². The summed E-state index contributed by atoms with van der Waals surface area (Å²) in [6, 6.07) is 12.0. The summed E-state index contributed by atoms with van der Waals surface area (Å²) >= 11 is 0. The summed E-state index contributed by atoms with van der Waals surface area (Å²) in [5, 5.41) is 14.6. The Balaban J connectivity index is 1.04. The van der Waals surface area contributed by atoms with Crippen LogP contribution < -0.4 is 20.4 Å². The van der Waals surface area contributed by atoms with Crippen molar-refractivity contribution in [3.8, 4) is 0 Å². The number of carboxylic acid groups (broad SMARTS) is 1. The van der Waals surface area contributed by atoms with Crippen molar-refractivity contribution in [1.82, 2.24) is 40.4 Å². The minimum Gasteiger partial charge on any atom is -0.465 e. The monoisotopic (exact) mass is 965 g/mol. The molecule has 4 amide bonds. The smallest absolute Gasteiger partial charge is 0.407 e. The summed E-state index contributed by atoms with van der Waals surface area (Å²) in [5.41, 5.74) is 5.31. The maximum atomic E-state index is 16.6. The maximum Gasteiger partial charge on any atom is 0.407 e. The SMILES string of the molecule is COC(=O)N[C@H](C(=O)N1CCC[C@H]1c1nc2cc([C@H]3CC[C@H](c4ccc5[nH]c([C@@H]6CCCN6C(=O)[C@@H](NC(=O)O)C(C)C)nc5c4)N3c3cc(F)c(N4CCC(C)(C)CC4)c(F)c3)ccc2[nH]1)C(C)C. The van der Waals surface area contributed by atoms with E-state index in [1.54, 1.807) is 9.80 Å². The first-order valence-electron chi connectivity index (χ1n) is 24.9. The second kappa shape index (κ2) is 19.4. The molecule has 0 unspecified atom stereocenters. The van der Waals surface area contributed by atoms with Gasteiger partial charge in [0.25, 0.3) is 0 Å². The highest BCUT2D eigenvalue weighted by molar-refractivity contribution is 5.87. The molecule has 0 aliphatic carbocycles. The molecule has 3 aromatic carbocycles. The average molecular weight is 965 g/mol. The third kappa shape index (κ3) is 9.44. The molecule has 2 aromatic heterocycles. The number of anilines is 2. The highest BCUT2D eigenvalue weighted by Crippen LogP contribution is 2.49. The number of imidazole rings is 2. The van der Waals surface area contributed by atoms with E-state index >= 15 is 8.78 Å². The maximum absolute atomic E-state index is 16.6. The molecule has 0 saturated carbocycles. The fraction of sp³-hybridized carbons (Fsp3) is 0.538. The Bertz CT molecular complexity index is 2760. The molecule has 6 heterocycles. The fourth-order valence-electron chi connectivity index (χ4n) is 11.3. The number of amides is 4. The first-order chi connectivity index (χ1) is 33.4. The summed E-state index contributed by atoms with van der Waals surface area (Å²) < 4.78 is 38.0. The summed E-state index contributed by atoms with van der Waals surface area (Å²) in [6.45, 7) is 13.9. The first-order valence-corrected chi connectivity index (χ1v) is 24.9. The number of nitrogens with one attached hydrogen (secondary N) is 4. The Labute approximate surface area is 406 Å². The van der Waals surface area contributed by atoms with Crippen LogP contribution in [0.15, 0.2) is 48.5 Å². The number of halogens is 2. The number of alkyl carbamates (subject to hydrolysis) is 1. The van der Waals surface area contributed by atoms with Gasteiger partial charge in [0.1, 0.15) is 29.4 Å². The van der Waals surface area contributed by atoms with E-state index in [0.29, 0.717) is 80.2 Å². The number of likely N-dealkylation sites (tertiary alicyclic amines) is 2. The van der Waals surface area contributed by atoms with Crippen molar-refractivity contribution in [1.29, 1.82) is 0 Å². The Kier molecular flexibility index (Phi) is 13.4. The second-order valence-corrected chi connectivity index (χ2v) is 21.1. The van der Waals surface area contributed by atoms with Crippen molar-refractivity contribution in [2.45, 2.75) is 129 Å². The van der Waals surface area contributed by atoms with Crippen LogP contribution in [-0.4, -0.2) is 104 Å². The molecule has 0 radical (unpaired) electrons. The zero-order valence-corrected chi connectivity index (χ0v) is 41.2. The quantitative estimate of drug-likeness (QED) is 0.0805. The first kappa shape index (κ1) is 48.6. The van der Waals surface area contributed by atoms with Crippen LogP contribution in [0.3, 0.4) is 0 Å². The van der Waals surface area contributed by atoms with E-state index in [9.17, 15) is 24.3 Å². The van der Waals surface area contributed by atoms with E-state index in [1.807, 2.05) is 69.0 Å². The van der Waals surface area contributed by atoms with Crippen molar-refractivity contribution in [2.24, 2.45) is 17.3 Å². The number of nitrogens with zero attached hydrogens (tertiary/aromatic N) is 6. The van der Waals surface area contributed by atoms with Gasteiger partial charge < -0.3 is 50.0 Å². The van der Waals surface area contributed by atoms with Gasteiger partial charge in [-0.05, 0) is 116 Å². The standard InChI is InChI=1S/C52H66F2N10O6/c1-28(2)43(59-50(67)68)48(65)62-20-8-10-41(62)46-55-35-14-12-30(24-37(35)57-46)39-16-17-40(64(39)32-26-33(53)45(34(54)27-32)61-22-18-52(5,6)19-23-61)31-13-15-36-38(25-31)58-47(56-36)42-11-9-21-63(42)49(66)44(29(3)4)60-51(69)70-7/h12-15,24-29,39-44,59H,8-11,16-23H2,1-7H3,(H,55,57)(H,56,58)(H,60,69)(H,67,68)/t39-,40-,41+,42+,43+,44+/m1/s1. The van der Waals surface area contributed by atoms with Crippen LogP contribution in [0.1, 0.15) is 140 Å². The number of fused-ring (bicyclic) bond motifs is 2. The molecule has 374 valence electrons. The molecule has 18 heteroatoms. The van der Waals surface area contributed by atoms with Crippen molar-refractivity contribution in [2.75, 3.05) is 43.1 Å². The number of rotatable bonds is 12. The zero-order chi connectivity index (χ0) is 49.8. The number of carbonyl (C=O) groups excluding carboxylic acids is 3. The molecular weight excluding hydrogens is 899 g/mol. The van der Waals surface area contributed by atoms with Gasteiger partial charge in [-0.1, -0.05) is 53.7 Å². The molecule has 4 saturated heterocycles. The average Bonchev–Trinajstić information content (AvgIpc) is 4.18. The number of aromatic amines is 2. The van der Waals surface area contributed by atoms with Crippen LogP contribution >= 0.6 is 0 Å². The van der Waals surface area contributed by atoms with Crippen LogP contribution in [0.25, 0.3) is 22.1 Å². The lowest BCUT2D eigenvalue weighted by Gasteiger charge is -2.39. The summed E-state index contributed by atoms with van der Waals surface area (Å²) in [6.07, 6.45) is 3.96. The predicted octanol–water partition coefficient (Wildman–Crippen LogP) is 9.43. The molecule has 6 atom stereocenters. The Morgan fingerprint density at radius 1 is 0.700 bits per heavy atom. The van der Waals surface area contributed by atoms with Gasteiger partial charge in [0.15, 0.2) is 11.6 Å². The molecule has 5 N–H and O–H groups in total. The highest BCUT2D eigenvalue weighted by atomic mass is 19.1. The lowest BCUT2D eigenvalue weighted by atomic mass is 9.82.